The summed E-state index contributed by atoms with van der Waals surface area (Å²) in [4.78, 5) is 38.2. The van der Waals surface area contributed by atoms with Crippen LogP contribution in [0.5, 0.6) is 0 Å². The second-order valence-corrected chi connectivity index (χ2v) is 8.98. The molecule has 3 aromatic rings. The van der Waals surface area contributed by atoms with Crippen molar-refractivity contribution in [2.45, 2.75) is 38.8 Å². The number of aromatic carboxylic acids is 1. The molecular formula is C21H25ClN6O3S. The van der Waals surface area contributed by atoms with Crippen molar-refractivity contribution in [2.24, 2.45) is 0 Å². The Morgan fingerprint density at radius 2 is 2.12 bits per heavy atom. The largest absolute Gasteiger partial charge is 0.478 e. The monoisotopic (exact) mass is 476 g/mol. The number of hydrogen-bond acceptors (Lipinski definition) is 7. The Morgan fingerprint density at radius 3 is 2.81 bits per heavy atom. The lowest BCUT2D eigenvalue weighted by molar-refractivity contribution is 0.0699. The summed E-state index contributed by atoms with van der Waals surface area (Å²) in [6.07, 6.45) is 1.38. The van der Waals surface area contributed by atoms with Crippen LogP contribution in [0.1, 0.15) is 46.9 Å². The number of fused-ring (bicyclic) bond motifs is 1. The number of carboxylic acids is 1. The van der Waals surface area contributed by atoms with Gasteiger partial charge in [0.15, 0.2) is 16.1 Å². The molecule has 3 heterocycles. The van der Waals surface area contributed by atoms with Gasteiger partial charge < -0.3 is 25.6 Å². The first-order chi connectivity index (χ1) is 15.4. The summed E-state index contributed by atoms with van der Waals surface area (Å²) in [5, 5.41) is 17.1. The molecule has 0 saturated carbocycles. The predicted octanol–water partition coefficient (Wildman–Crippen LogP) is 2.92. The van der Waals surface area contributed by atoms with Crippen LogP contribution in [-0.2, 0) is 6.42 Å². The number of nitrogens with zero attached hydrogens (tertiary/aromatic N) is 3. The van der Waals surface area contributed by atoms with Gasteiger partial charge in [-0.05, 0) is 31.5 Å². The molecule has 1 amide bonds. The fourth-order valence-corrected chi connectivity index (χ4v) is 5.35. The van der Waals surface area contributed by atoms with Gasteiger partial charge in [-0.2, -0.15) is 0 Å². The molecule has 4 rings (SSSR count). The Kier molecular flexibility index (Phi) is 6.63. The van der Waals surface area contributed by atoms with Crippen LogP contribution in [0.15, 0.2) is 18.2 Å². The molecule has 9 nitrogen and oxygen atoms in total. The van der Waals surface area contributed by atoms with Crippen molar-refractivity contribution in [3.05, 3.63) is 40.4 Å². The fourth-order valence-electron chi connectivity index (χ4n) is 3.98. The molecule has 170 valence electrons. The lowest BCUT2D eigenvalue weighted by Gasteiger charge is -2.39. The first-order valence-electron chi connectivity index (χ1n) is 10.6. The number of carboxylic acid groups (broad SMARTS) is 1. The number of carbonyl (C=O) groups excluding carboxylic acids is 1. The van der Waals surface area contributed by atoms with Crippen molar-refractivity contribution in [3.63, 3.8) is 0 Å². The Balaban J connectivity index is 1.50. The third-order valence-electron chi connectivity index (χ3n) is 5.60. The molecule has 2 atom stereocenters. The molecule has 2 aromatic heterocycles. The normalized spacial score (nSPS) is 18.8. The van der Waals surface area contributed by atoms with E-state index in [9.17, 15) is 14.7 Å². The lowest BCUT2D eigenvalue weighted by Crippen LogP contribution is -2.59. The van der Waals surface area contributed by atoms with Crippen molar-refractivity contribution in [3.8, 4) is 0 Å². The molecule has 1 saturated heterocycles. The van der Waals surface area contributed by atoms with Gasteiger partial charge >= 0.3 is 5.97 Å². The van der Waals surface area contributed by atoms with E-state index in [0.717, 1.165) is 17.4 Å². The molecule has 11 heteroatoms. The standard InChI is InChI=1S/C21H25ClN6O3S/c1-3-12-17(22)27-18(24-12)19(29)25-13-8-9-28(10-15(13)23-4-2)21-26-14-7-5-6-11(20(30)31)16(14)32-21/h5-7,13,15,23H,3-4,8-10H2,1-2H3,(H,24,27)(H,25,29)(H,30,31)/t13-,15+/m1/s1. The number of aryl methyl sites for hydroxylation is 1. The van der Waals surface area contributed by atoms with Crippen molar-refractivity contribution >= 4 is 50.2 Å². The lowest BCUT2D eigenvalue weighted by atomic mass is 9.99. The number of imidazole rings is 1. The minimum absolute atomic E-state index is 0.000244. The van der Waals surface area contributed by atoms with E-state index in [0.29, 0.717) is 41.3 Å². The highest BCUT2D eigenvalue weighted by Gasteiger charge is 2.32. The number of hydrogen-bond donors (Lipinski definition) is 4. The van der Waals surface area contributed by atoms with Crippen LogP contribution in [0.3, 0.4) is 0 Å². The molecule has 1 fully saturated rings. The molecule has 0 aliphatic carbocycles. The minimum Gasteiger partial charge on any atom is -0.478 e. The molecule has 4 N–H and O–H groups in total. The number of rotatable bonds is 7. The van der Waals surface area contributed by atoms with Gasteiger partial charge in [-0.25, -0.2) is 14.8 Å². The molecule has 0 radical (unpaired) electrons. The van der Waals surface area contributed by atoms with Gasteiger partial charge in [0.25, 0.3) is 5.91 Å². The third-order valence-corrected chi connectivity index (χ3v) is 7.08. The van der Waals surface area contributed by atoms with Crippen LogP contribution < -0.4 is 15.5 Å². The van der Waals surface area contributed by atoms with E-state index in [2.05, 4.69) is 30.5 Å². The van der Waals surface area contributed by atoms with E-state index < -0.39 is 5.97 Å². The van der Waals surface area contributed by atoms with Gasteiger partial charge in [-0.1, -0.05) is 42.9 Å². The Morgan fingerprint density at radius 1 is 1.31 bits per heavy atom. The highest BCUT2D eigenvalue weighted by molar-refractivity contribution is 7.22. The predicted molar refractivity (Wildman–Crippen MR) is 125 cm³/mol. The molecule has 1 aliphatic rings. The van der Waals surface area contributed by atoms with Crippen molar-refractivity contribution in [1.29, 1.82) is 0 Å². The van der Waals surface area contributed by atoms with E-state index >= 15 is 0 Å². The fraction of sp³-hybridized carbons (Fsp3) is 0.429. The van der Waals surface area contributed by atoms with Crippen molar-refractivity contribution in [2.75, 3.05) is 24.5 Å². The van der Waals surface area contributed by atoms with E-state index in [4.69, 9.17) is 11.6 Å². The maximum absolute atomic E-state index is 12.7. The molecule has 0 unspecified atom stereocenters. The van der Waals surface area contributed by atoms with Crippen LogP contribution in [0, 0.1) is 0 Å². The topological polar surface area (TPSA) is 123 Å². The summed E-state index contributed by atoms with van der Waals surface area (Å²) in [6.45, 7) is 6.04. The van der Waals surface area contributed by atoms with Gasteiger partial charge in [-0.15, -0.1) is 0 Å². The van der Waals surface area contributed by atoms with Crippen LogP contribution in [0.25, 0.3) is 10.2 Å². The average molecular weight is 477 g/mol. The smallest absolute Gasteiger partial charge is 0.337 e. The van der Waals surface area contributed by atoms with E-state index in [1.807, 2.05) is 19.9 Å². The number of piperidine rings is 1. The van der Waals surface area contributed by atoms with E-state index in [-0.39, 0.29) is 29.4 Å². The van der Waals surface area contributed by atoms with Gasteiger partial charge in [0, 0.05) is 25.2 Å². The Labute approximate surface area is 194 Å². The van der Waals surface area contributed by atoms with E-state index in [1.54, 1.807) is 12.1 Å². The Hall–Kier alpha value is -2.69. The molecule has 1 aliphatic heterocycles. The maximum Gasteiger partial charge on any atom is 0.337 e. The number of H-pyrrole nitrogens is 1. The van der Waals surface area contributed by atoms with Gasteiger partial charge in [0.05, 0.1) is 21.5 Å². The van der Waals surface area contributed by atoms with Crippen LogP contribution in [-0.4, -0.2) is 63.7 Å². The highest BCUT2D eigenvalue weighted by atomic mass is 35.5. The zero-order valence-corrected chi connectivity index (χ0v) is 19.4. The first kappa shape index (κ1) is 22.5. The number of halogens is 1. The molecule has 0 spiro atoms. The summed E-state index contributed by atoms with van der Waals surface area (Å²) in [5.41, 5.74) is 1.69. The molecule has 1 aromatic carbocycles. The highest BCUT2D eigenvalue weighted by Crippen LogP contribution is 2.33. The van der Waals surface area contributed by atoms with Crippen LogP contribution in [0.4, 0.5) is 5.13 Å². The zero-order chi connectivity index (χ0) is 22.8. The summed E-state index contributed by atoms with van der Waals surface area (Å²) in [7, 11) is 0. The number of thiazole rings is 1. The molecule has 32 heavy (non-hydrogen) atoms. The van der Waals surface area contributed by atoms with Crippen LogP contribution >= 0.6 is 22.9 Å². The summed E-state index contributed by atoms with van der Waals surface area (Å²) >= 11 is 7.46. The number of amides is 1. The van der Waals surface area contributed by atoms with Gasteiger partial charge in [-0.3, -0.25) is 4.79 Å². The summed E-state index contributed by atoms with van der Waals surface area (Å²) in [5.74, 6) is -1.02. The number of aromatic amines is 1. The number of benzene rings is 1. The van der Waals surface area contributed by atoms with Gasteiger partial charge in [0.1, 0.15) is 0 Å². The number of nitrogens with one attached hydrogen (secondary N) is 3. The van der Waals surface area contributed by atoms with Gasteiger partial charge in [0.2, 0.25) is 0 Å². The third kappa shape index (κ3) is 4.43. The molecule has 0 bridgehead atoms. The number of aromatic nitrogens is 3. The van der Waals surface area contributed by atoms with E-state index in [1.165, 1.54) is 11.3 Å². The zero-order valence-electron chi connectivity index (χ0n) is 17.8. The van der Waals surface area contributed by atoms with Crippen LogP contribution in [0.2, 0.25) is 5.15 Å². The number of likely N-dealkylation sites (N-methyl/N-ethyl adjacent to an activating group) is 1. The quantitative estimate of drug-likeness (QED) is 0.413. The molecular weight excluding hydrogens is 452 g/mol. The minimum atomic E-state index is -0.956. The first-order valence-corrected chi connectivity index (χ1v) is 11.8. The number of anilines is 1. The Bertz CT molecular complexity index is 1150. The number of carbonyl (C=O) groups is 2. The summed E-state index contributed by atoms with van der Waals surface area (Å²) < 4.78 is 0.673. The average Bonchev–Trinajstić information content (AvgIpc) is 3.38. The second kappa shape index (κ2) is 9.43. The summed E-state index contributed by atoms with van der Waals surface area (Å²) in [6, 6.07) is 5.05. The SMILES string of the molecule is CCN[C@H]1CN(c2nc3cccc(C(=O)O)c3s2)CC[C@H]1NC(=O)c1nc(Cl)c(CC)[nH]1. The van der Waals surface area contributed by atoms with Crippen molar-refractivity contribution in [1.82, 2.24) is 25.6 Å². The van der Waals surface area contributed by atoms with Crippen molar-refractivity contribution < 1.29 is 14.7 Å². The maximum atomic E-state index is 12.7. The second-order valence-electron chi connectivity index (χ2n) is 7.64.